The zero-order chi connectivity index (χ0) is 21.0. The first-order valence-electron chi connectivity index (χ1n) is 10.3. The van der Waals surface area contributed by atoms with E-state index in [1.807, 2.05) is 14.0 Å². The molecule has 2 aromatic heterocycles. The van der Waals surface area contributed by atoms with Crippen molar-refractivity contribution in [1.29, 1.82) is 0 Å². The van der Waals surface area contributed by atoms with Crippen molar-refractivity contribution < 1.29 is 4.79 Å². The molecule has 1 saturated heterocycles. The number of likely N-dealkylation sites (N-methyl/N-ethyl adjacent to an activating group) is 1. The molecule has 2 N–H and O–H groups in total. The number of aromatic amines is 1. The lowest BCUT2D eigenvalue weighted by Crippen LogP contribution is -2.49. The fraction of sp³-hybridized carbons (Fsp3) is 0.684. The van der Waals surface area contributed by atoms with Crippen LogP contribution in [0.5, 0.6) is 0 Å². The molecule has 1 aliphatic heterocycles. The van der Waals surface area contributed by atoms with Gasteiger partial charge in [0.2, 0.25) is 5.91 Å². The van der Waals surface area contributed by atoms with E-state index >= 15 is 0 Å². The SMILES string of the molecule is CCCCn1c(=O)[nH]c(=O)c2c1nc(CN1CCN(CC(=O)NCC)CC1)n2C. The third-order valence-electron chi connectivity index (χ3n) is 5.41. The number of carbonyl (C=O) groups excluding carboxylic acids is 1. The van der Waals surface area contributed by atoms with E-state index in [0.29, 0.717) is 37.3 Å². The molecule has 29 heavy (non-hydrogen) atoms. The predicted molar refractivity (Wildman–Crippen MR) is 111 cm³/mol. The highest BCUT2D eigenvalue weighted by molar-refractivity contribution is 5.77. The number of hydrogen-bond acceptors (Lipinski definition) is 6. The van der Waals surface area contributed by atoms with E-state index in [4.69, 9.17) is 0 Å². The molecule has 10 heteroatoms. The highest BCUT2D eigenvalue weighted by Crippen LogP contribution is 2.13. The van der Waals surface area contributed by atoms with Gasteiger partial charge in [-0.1, -0.05) is 13.3 Å². The number of hydrogen-bond donors (Lipinski definition) is 2. The van der Waals surface area contributed by atoms with E-state index < -0.39 is 11.2 Å². The Morgan fingerprint density at radius 2 is 1.83 bits per heavy atom. The van der Waals surface area contributed by atoms with Gasteiger partial charge in [-0.3, -0.25) is 28.9 Å². The summed E-state index contributed by atoms with van der Waals surface area (Å²) in [5.74, 6) is 0.819. The third-order valence-corrected chi connectivity index (χ3v) is 5.41. The molecule has 0 aliphatic carbocycles. The zero-order valence-electron chi connectivity index (χ0n) is 17.5. The van der Waals surface area contributed by atoms with Crippen LogP contribution in [0.15, 0.2) is 9.59 Å². The van der Waals surface area contributed by atoms with Gasteiger partial charge in [0.15, 0.2) is 11.2 Å². The first-order chi connectivity index (χ1) is 13.9. The summed E-state index contributed by atoms with van der Waals surface area (Å²) in [6.45, 7) is 9.44. The lowest BCUT2D eigenvalue weighted by atomic mass is 10.3. The maximum atomic E-state index is 12.4. The number of piperazine rings is 1. The lowest BCUT2D eigenvalue weighted by molar-refractivity contribution is -0.122. The van der Waals surface area contributed by atoms with Crippen molar-refractivity contribution in [3.05, 3.63) is 26.7 Å². The van der Waals surface area contributed by atoms with Crippen molar-refractivity contribution in [2.24, 2.45) is 7.05 Å². The molecule has 3 rings (SSSR count). The minimum absolute atomic E-state index is 0.0561. The molecule has 0 saturated carbocycles. The summed E-state index contributed by atoms with van der Waals surface area (Å²) in [4.78, 5) is 47.8. The van der Waals surface area contributed by atoms with Gasteiger partial charge in [-0.15, -0.1) is 0 Å². The Balaban J connectivity index is 1.74. The van der Waals surface area contributed by atoms with Crippen LogP contribution < -0.4 is 16.6 Å². The lowest BCUT2D eigenvalue weighted by Gasteiger charge is -2.33. The van der Waals surface area contributed by atoms with Crippen molar-refractivity contribution in [1.82, 2.24) is 34.2 Å². The topological polar surface area (TPSA) is 108 Å². The number of carbonyl (C=O) groups is 1. The quantitative estimate of drug-likeness (QED) is 0.612. The standard InChI is InChI=1S/C19H31N7O3/c1-4-6-7-26-17-16(18(28)22-19(26)29)23(3)14(21-17)12-24-8-10-25(11-9-24)13-15(27)20-5-2/h4-13H2,1-3H3,(H,20,27)(H,22,28,29). The molecule has 10 nitrogen and oxygen atoms in total. The highest BCUT2D eigenvalue weighted by atomic mass is 16.2. The van der Waals surface area contributed by atoms with Crippen molar-refractivity contribution in [3.8, 4) is 0 Å². The van der Waals surface area contributed by atoms with Gasteiger partial charge in [0.1, 0.15) is 5.82 Å². The number of fused-ring (bicyclic) bond motifs is 1. The molecule has 1 amide bonds. The van der Waals surface area contributed by atoms with Crippen molar-refractivity contribution in [3.63, 3.8) is 0 Å². The van der Waals surface area contributed by atoms with E-state index in [1.165, 1.54) is 0 Å². The summed E-state index contributed by atoms with van der Waals surface area (Å²) in [5.41, 5.74) is 0.0930. The molecule has 3 heterocycles. The van der Waals surface area contributed by atoms with Crippen LogP contribution in [0.1, 0.15) is 32.5 Å². The summed E-state index contributed by atoms with van der Waals surface area (Å²) >= 11 is 0. The van der Waals surface area contributed by atoms with Gasteiger partial charge in [-0.2, -0.15) is 0 Å². The van der Waals surface area contributed by atoms with Gasteiger partial charge in [-0.25, -0.2) is 9.78 Å². The highest BCUT2D eigenvalue weighted by Gasteiger charge is 2.22. The molecule has 0 atom stereocenters. The number of aromatic nitrogens is 4. The van der Waals surface area contributed by atoms with E-state index in [9.17, 15) is 14.4 Å². The fourth-order valence-corrected chi connectivity index (χ4v) is 3.72. The Bertz CT molecular complexity index is 967. The minimum Gasteiger partial charge on any atom is -0.355 e. The van der Waals surface area contributed by atoms with Gasteiger partial charge >= 0.3 is 5.69 Å². The normalized spacial score (nSPS) is 15.8. The molecule has 0 aromatic carbocycles. The second-order valence-electron chi connectivity index (χ2n) is 7.53. The van der Waals surface area contributed by atoms with Crippen LogP contribution in [0.2, 0.25) is 0 Å². The molecule has 2 aromatic rings. The molecule has 0 radical (unpaired) electrons. The van der Waals surface area contributed by atoms with Crippen LogP contribution in [0.4, 0.5) is 0 Å². The van der Waals surface area contributed by atoms with Gasteiger partial charge in [-0.05, 0) is 13.3 Å². The molecule has 0 spiro atoms. The Morgan fingerprint density at radius 3 is 2.48 bits per heavy atom. The van der Waals surface area contributed by atoms with Gasteiger partial charge < -0.3 is 9.88 Å². The third kappa shape index (κ3) is 4.76. The van der Waals surface area contributed by atoms with Crippen LogP contribution in [0.25, 0.3) is 11.2 Å². The number of unbranched alkanes of at least 4 members (excludes halogenated alkanes) is 1. The van der Waals surface area contributed by atoms with Crippen LogP contribution in [-0.2, 0) is 24.9 Å². The van der Waals surface area contributed by atoms with Crippen LogP contribution in [-0.4, -0.2) is 74.1 Å². The van der Waals surface area contributed by atoms with Crippen LogP contribution in [0.3, 0.4) is 0 Å². The maximum absolute atomic E-state index is 12.4. The number of rotatable bonds is 8. The average Bonchev–Trinajstić information content (AvgIpc) is 3.00. The molecule has 0 unspecified atom stereocenters. The summed E-state index contributed by atoms with van der Waals surface area (Å²) in [5, 5.41) is 2.83. The summed E-state index contributed by atoms with van der Waals surface area (Å²) < 4.78 is 3.35. The molecule has 1 aliphatic rings. The number of nitrogens with one attached hydrogen (secondary N) is 2. The Kier molecular flexibility index (Phi) is 6.86. The Hall–Kier alpha value is -2.46. The van der Waals surface area contributed by atoms with E-state index in [0.717, 1.165) is 44.8 Å². The van der Waals surface area contributed by atoms with Crippen LogP contribution >= 0.6 is 0 Å². The summed E-state index contributed by atoms with van der Waals surface area (Å²) in [7, 11) is 1.82. The summed E-state index contributed by atoms with van der Waals surface area (Å²) in [6, 6.07) is 0. The Morgan fingerprint density at radius 1 is 1.14 bits per heavy atom. The van der Waals surface area contributed by atoms with Gasteiger partial charge in [0.25, 0.3) is 5.56 Å². The second-order valence-corrected chi connectivity index (χ2v) is 7.53. The number of amides is 1. The predicted octanol–water partition coefficient (Wildman–Crippen LogP) is -0.523. The average molecular weight is 406 g/mol. The second kappa shape index (κ2) is 9.36. The van der Waals surface area contributed by atoms with E-state index in [-0.39, 0.29) is 5.91 Å². The Labute approximate surface area is 169 Å². The first kappa shape index (κ1) is 21.3. The van der Waals surface area contributed by atoms with Crippen LogP contribution in [0, 0.1) is 0 Å². The monoisotopic (exact) mass is 405 g/mol. The van der Waals surface area contributed by atoms with Crippen molar-refractivity contribution >= 4 is 17.1 Å². The number of nitrogens with zero attached hydrogens (tertiary/aromatic N) is 5. The van der Waals surface area contributed by atoms with Gasteiger partial charge in [0.05, 0.1) is 13.1 Å². The van der Waals surface area contributed by atoms with Crippen molar-refractivity contribution in [2.75, 3.05) is 39.3 Å². The fourth-order valence-electron chi connectivity index (χ4n) is 3.72. The maximum Gasteiger partial charge on any atom is 0.330 e. The number of H-pyrrole nitrogens is 1. The van der Waals surface area contributed by atoms with E-state index in [2.05, 4.69) is 32.0 Å². The van der Waals surface area contributed by atoms with Crippen molar-refractivity contribution in [2.45, 2.75) is 39.8 Å². The molecule has 1 fully saturated rings. The number of imidazole rings is 1. The molecular weight excluding hydrogens is 374 g/mol. The van der Waals surface area contributed by atoms with E-state index in [1.54, 1.807) is 9.13 Å². The smallest absolute Gasteiger partial charge is 0.330 e. The molecular formula is C19H31N7O3. The summed E-state index contributed by atoms with van der Waals surface area (Å²) in [6.07, 6.45) is 1.80. The first-order valence-corrected chi connectivity index (χ1v) is 10.3. The van der Waals surface area contributed by atoms with Gasteiger partial charge in [0, 0.05) is 46.3 Å². The zero-order valence-corrected chi connectivity index (χ0v) is 17.5. The molecule has 160 valence electrons. The minimum atomic E-state index is -0.403. The number of aryl methyl sites for hydroxylation is 2. The largest absolute Gasteiger partial charge is 0.355 e. The molecule has 0 bridgehead atoms.